The van der Waals surface area contributed by atoms with Crippen LogP contribution in [0.15, 0.2) is 47.8 Å². The first kappa shape index (κ1) is 17.0. The van der Waals surface area contributed by atoms with Gasteiger partial charge in [0.05, 0.1) is 0 Å². The van der Waals surface area contributed by atoms with Crippen LogP contribution in [0.2, 0.25) is 0 Å². The molecule has 0 heterocycles. The molecule has 2 aromatic carbocycles. The molecule has 0 spiro atoms. The summed E-state index contributed by atoms with van der Waals surface area (Å²) in [6.45, 7) is 8.38. The van der Waals surface area contributed by atoms with E-state index in [1.807, 2.05) is 0 Å². The summed E-state index contributed by atoms with van der Waals surface area (Å²) in [6, 6.07) is 12.5. The maximum atomic E-state index is 6.45. The van der Waals surface area contributed by atoms with Gasteiger partial charge in [-0.05, 0) is 69.2 Å². The normalized spacial score (nSPS) is 14.0. The fraction of sp³-hybridized carbons (Fsp3) is 0.333. The molecule has 0 N–H and O–H groups in total. The van der Waals surface area contributed by atoms with E-state index in [1.54, 1.807) is 0 Å². The minimum absolute atomic E-state index is 0.961. The van der Waals surface area contributed by atoms with Crippen LogP contribution in [0.5, 0.6) is 11.5 Å². The Morgan fingerprint density at radius 1 is 0.750 bits per heavy atom. The van der Waals surface area contributed by atoms with Gasteiger partial charge in [-0.25, -0.2) is 0 Å². The van der Waals surface area contributed by atoms with Crippen LogP contribution < -0.4 is 9.05 Å². The molecule has 0 fully saturated rings. The number of para-hydroxylation sites is 2. The van der Waals surface area contributed by atoms with Gasteiger partial charge in [-0.15, -0.1) is 0 Å². The number of hydrogen-bond donors (Lipinski definition) is 0. The summed E-state index contributed by atoms with van der Waals surface area (Å²) in [5.41, 5.74) is 4.63. The topological polar surface area (TPSA) is 18.5 Å². The standard InChI is InChI=1S/C21H25O2P/c1-15-9-7-10-16(2)20(15)22-24(19-13-5-6-14-19)23-21-17(3)11-8-12-18(21)4/h7-13H,5-6,14H2,1-4H3. The second-order valence-electron chi connectivity index (χ2n) is 6.47. The summed E-state index contributed by atoms with van der Waals surface area (Å²) in [5.74, 6) is 1.92. The maximum Gasteiger partial charge on any atom is 0.321 e. The van der Waals surface area contributed by atoms with Crippen LogP contribution in [-0.2, 0) is 0 Å². The molecule has 0 radical (unpaired) electrons. The third-order valence-electron chi connectivity index (χ3n) is 4.42. The first-order valence-corrected chi connectivity index (χ1v) is 9.71. The lowest BCUT2D eigenvalue weighted by Gasteiger charge is -2.23. The van der Waals surface area contributed by atoms with Gasteiger partial charge in [-0.2, -0.15) is 0 Å². The molecule has 0 aromatic heterocycles. The molecule has 126 valence electrons. The Bertz CT molecular complexity index is 670. The largest absolute Gasteiger partial charge is 0.435 e. The Hall–Kier alpha value is -1.79. The van der Waals surface area contributed by atoms with Crippen LogP contribution in [-0.4, -0.2) is 0 Å². The maximum absolute atomic E-state index is 6.45. The van der Waals surface area contributed by atoms with Crippen molar-refractivity contribution in [2.75, 3.05) is 0 Å². The predicted octanol–water partition coefficient (Wildman–Crippen LogP) is 6.76. The van der Waals surface area contributed by atoms with E-state index in [9.17, 15) is 0 Å². The Morgan fingerprint density at radius 2 is 1.21 bits per heavy atom. The van der Waals surface area contributed by atoms with Gasteiger partial charge in [-0.1, -0.05) is 42.5 Å². The van der Waals surface area contributed by atoms with E-state index < -0.39 is 8.38 Å². The zero-order valence-electron chi connectivity index (χ0n) is 14.9. The Labute approximate surface area is 146 Å². The second-order valence-corrected chi connectivity index (χ2v) is 7.92. The highest BCUT2D eigenvalue weighted by atomic mass is 31.2. The van der Waals surface area contributed by atoms with Gasteiger partial charge >= 0.3 is 8.38 Å². The Morgan fingerprint density at radius 3 is 1.58 bits per heavy atom. The average Bonchev–Trinajstić information content (AvgIpc) is 3.07. The van der Waals surface area contributed by atoms with Gasteiger partial charge in [0.2, 0.25) is 0 Å². The highest BCUT2D eigenvalue weighted by molar-refractivity contribution is 7.52. The van der Waals surface area contributed by atoms with Crippen LogP contribution in [0.4, 0.5) is 0 Å². The number of allylic oxidation sites excluding steroid dienone is 2. The molecule has 3 heteroatoms. The average molecular weight is 340 g/mol. The summed E-state index contributed by atoms with van der Waals surface area (Å²) >= 11 is 0. The van der Waals surface area contributed by atoms with Gasteiger partial charge in [0, 0.05) is 5.31 Å². The summed E-state index contributed by atoms with van der Waals surface area (Å²) in [6.07, 6.45) is 5.69. The van der Waals surface area contributed by atoms with E-state index in [2.05, 4.69) is 70.2 Å². The highest BCUT2D eigenvalue weighted by Gasteiger charge is 2.25. The minimum atomic E-state index is -1.12. The minimum Gasteiger partial charge on any atom is -0.435 e. The van der Waals surface area contributed by atoms with Crippen molar-refractivity contribution in [3.05, 3.63) is 70.0 Å². The monoisotopic (exact) mass is 340 g/mol. The molecule has 1 aliphatic carbocycles. The van der Waals surface area contributed by atoms with Crippen LogP contribution in [0.1, 0.15) is 41.5 Å². The third kappa shape index (κ3) is 3.65. The molecule has 0 saturated carbocycles. The molecule has 1 aliphatic rings. The smallest absolute Gasteiger partial charge is 0.321 e. The van der Waals surface area contributed by atoms with Crippen LogP contribution in [0.3, 0.4) is 0 Å². The van der Waals surface area contributed by atoms with E-state index in [0.29, 0.717) is 0 Å². The first-order valence-electron chi connectivity index (χ1n) is 8.54. The molecule has 24 heavy (non-hydrogen) atoms. The first-order chi connectivity index (χ1) is 11.6. The molecule has 0 amide bonds. The van der Waals surface area contributed by atoms with Crippen molar-refractivity contribution in [2.45, 2.75) is 47.0 Å². The van der Waals surface area contributed by atoms with E-state index in [1.165, 1.54) is 11.7 Å². The predicted molar refractivity (Wildman–Crippen MR) is 102 cm³/mol. The van der Waals surface area contributed by atoms with Crippen LogP contribution >= 0.6 is 8.38 Å². The zero-order chi connectivity index (χ0) is 17.1. The van der Waals surface area contributed by atoms with Crippen molar-refractivity contribution in [1.29, 1.82) is 0 Å². The summed E-state index contributed by atoms with van der Waals surface area (Å²) in [7, 11) is -1.12. The van der Waals surface area contributed by atoms with Crippen molar-refractivity contribution in [1.82, 2.24) is 0 Å². The molecule has 0 atom stereocenters. The lowest BCUT2D eigenvalue weighted by atomic mass is 10.1. The summed E-state index contributed by atoms with van der Waals surface area (Å²) in [4.78, 5) is 0. The SMILES string of the molecule is Cc1cccc(C)c1OP(Oc1c(C)cccc1C)C1=CCCC1. The molecule has 3 rings (SSSR count). The highest BCUT2D eigenvalue weighted by Crippen LogP contribution is 2.53. The quantitative estimate of drug-likeness (QED) is 0.560. The van der Waals surface area contributed by atoms with Crippen molar-refractivity contribution < 1.29 is 9.05 Å². The summed E-state index contributed by atoms with van der Waals surface area (Å²) < 4.78 is 12.9. The molecule has 0 saturated heterocycles. The van der Waals surface area contributed by atoms with E-state index in [0.717, 1.165) is 46.6 Å². The number of rotatable bonds is 5. The van der Waals surface area contributed by atoms with Gasteiger partial charge in [0.1, 0.15) is 11.5 Å². The van der Waals surface area contributed by atoms with Crippen molar-refractivity contribution in [2.24, 2.45) is 0 Å². The van der Waals surface area contributed by atoms with Gasteiger partial charge < -0.3 is 9.05 Å². The number of hydrogen-bond acceptors (Lipinski definition) is 2. The number of benzene rings is 2. The van der Waals surface area contributed by atoms with Gasteiger partial charge in [0.15, 0.2) is 0 Å². The molecule has 2 nitrogen and oxygen atoms in total. The van der Waals surface area contributed by atoms with Crippen LogP contribution in [0, 0.1) is 27.7 Å². The third-order valence-corrected chi connectivity index (χ3v) is 5.99. The van der Waals surface area contributed by atoms with Gasteiger partial charge in [0.25, 0.3) is 0 Å². The fourth-order valence-corrected chi connectivity index (χ4v) is 4.81. The zero-order valence-corrected chi connectivity index (χ0v) is 15.8. The Balaban J connectivity index is 1.93. The molecular weight excluding hydrogens is 315 g/mol. The molecule has 0 bridgehead atoms. The molecule has 2 aromatic rings. The van der Waals surface area contributed by atoms with Crippen molar-refractivity contribution in [3.63, 3.8) is 0 Å². The second kappa shape index (κ2) is 7.40. The van der Waals surface area contributed by atoms with Gasteiger partial charge in [-0.3, -0.25) is 0 Å². The summed E-state index contributed by atoms with van der Waals surface area (Å²) in [5, 5.41) is 1.32. The lowest BCUT2D eigenvalue weighted by Crippen LogP contribution is -2.02. The fourth-order valence-electron chi connectivity index (χ4n) is 3.01. The molecule has 0 aliphatic heterocycles. The Kier molecular flexibility index (Phi) is 5.26. The number of aryl methyl sites for hydroxylation is 4. The van der Waals surface area contributed by atoms with E-state index >= 15 is 0 Å². The van der Waals surface area contributed by atoms with Crippen molar-refractivity contribution in [3.8, 4) is 11.5 Å². The van der Waals surface area contributed by atoms with Crippen molar-refractivity contribution >= 4 is 8.38 Å². The van der Waals surface area contributed by atoms with Crippen LogP contribution in [0.25, 0.3) is 0 Å². The molecular formula is C21H25O2P. The van der Waals surface area contributed by atoms with E-state index in [-0.39, 0.29) is 0 Å². The molecule has 0 unspecified atom stereocenters. The lowest BCUT2D eigenvalue weighted by molar-refractivity contribution is 0.487. The van der Waals surface area contributed by atoms with E-state index in [4.69, 9.17) is 9.05 Å².